The van der Waals surface area contributed by atoms with Gasteiger partial charge in [-0.05, 0) is 18.4 Å². The summed E-state index contributed by atoms with van der Waals surface area (Å²) in [7, 11) is 0. The molecule has 0 aromatic heterocycles. The summed E-state index contributed by atoms with van der Waals surface area (Å²) >= 11 is 0. The van der Waals surface area contributed by atoms with Crippen LogP contribution in [0.15, 0.2) is 30.3 Å². The zero-order chi connectivity index (χ0) is 12.8. The highest BCUT2D eigenvalue weighted by molar-refractivity contribution is 5.66. The molecule has 0 atom stereocenters. The molecule has 0 radical (unpaired) electrons. The van der Waals surface area contributed by atoms with Crippen LogP contribution in [0.1, 0.15) is 46.1 Å². The molecule has 16 heavy (non-hydrogen) atoms. The van der Waals surface area contributed by atoms with Crippen molar-refractivity contribution in [3.63, 3.8) is 0 Å². The molecule has 0 heterocycles. The molecule has 1 N–H and O–H groups in total. The van der Waals surface area contributed by atoms with E-state index in [4.69, 9.17) is 5.11 Å². The quantitative estimate of drug-likeness (QED) is 0.834. The van der Waals surface area contributed by atoms with E-state index in [2.05, 4.69) is 0 Å². The van der Waals surface area contributed by atoms with Crippen LogP contribution in [0.5, 0.6) is 0 Å². The fourth-order valence-corrected chi connectivity index (χ4v) is 1.09. The normalized spacial score (nSPS) is 8.00. The Morgan fingerprint density at radius 2 is 1.56 bits per heavy atom. The number of rotatable bonds is 4. The molecule has 0 saturated carbocycles. The van der Waals surface area contributed by atoms with Crippen molar-refractivity contribution in [2.24, 2.45) is 0 Å². The van der Waals surface area contributed by atoms with Crippen LogP contribution in [0, 0.1) is 0 Å². The highest BCUT2D eigenvalue weighted by Gasteiger charge is 1.96. The standard InChI is InChI=1S/C10H12O2.2C2H6/c11-10(12)8-4-7-9-5-2-1-3-6-9;2*1-2/h1-3,5-6H,4,7-8H2,(H,11,12);2*1-2H3. The Kier molecular flexibility index (Phi) is 14.6. The van der Waals surface area contributed by atoms with E-state index in [-0.39, 0.29) is 6.42 Å². The molecular weight excluding hydrogens is 200 g/mol. The molecule has 2 nitrogen and oxygen atoms in total. The fraction of sp³-hybridized carbons (Fsp3) is 0.500. The average Bonchev–Trinajstić information content (AvgIpc) is 2.35. The molecule has 92 valence electrons. The van der Waals surface area contributed by atoms with Crippen LogP contribution in [0.2, 0.25) is 0 Å². The lowest BCUT2D eigenvalue weighted by atomic mass is 10.1. The third-order valence-electron chi connectivity index (χ3n) is 1.70. The van der Waals surface area contributed by atoms with Crippen molar-refractivity contribution in [1.29, 1.82) is 0 Å². The van der Waals surface area contributed by atoms with E-state index in [9.17, 15) is 4.79 Å². The lowest BCUT2D eigenvalue weighted by molar-refractivity contribution is -0.137. The minimum absolute atomic E-state index is 0.259. The molecule has 2 heteroatoms. The molecule has 0 fully saturated rings. The fourth-order valence-electron chi connectivity index (χ4n) is 1.09. The molecule has 0 unspecified atom stereocenters. The Morgan fingerprint density at radius 1 is 1.06 bits per heavy atom. The van der Waals surface area contributed by atoms with Gasteiger partial charge in [0.15, 0.2) is 0 Å². The van der Waals surface area contributed by atoms with Gasteiger partial charge in [-0.15, -0.1) is 0 Å². The van der Waals surface area contributed by atoms with Crippen LogP contribution in [-0.4, -0.2) is 11.1 Å². The van der Waals surface area contributed by atoms with Gasteiger partial charge in [0.25, 0.3) is 0 Å². The first kappa shape index (κ1) is 17.1. The summed E-state index contributed by atoms with van der Waals surface area (Å²) in [5.41, 5.74) is 1.21. The average molecular weight is 224 g/mol. The number of aliphatic carboxylic acids is 1. The second-order valence-electron chi connectivity index (χ2n) is 2.73. The molecule has 0 aliphatic rings. The highest BCUT2D eigenvalue weighted by Crippen LogP contribution is 2.03. The van der Waals surface area contributed by atoms with Gasteiger partial charge in [-0.2, -0.15) is 0 Å². The maximum absolute atomic E-state index is 10.2. The van der Waals surface area contributed by atoms with E-state index in [0.717, 1.165) is 12.8 Å². The van der Waals surface area contributed by atoms with Gasteiger partial charge in [-0.1, -0.05) is 58.0 Å². The maximum atomic E-state index is 10.2. The van der Waals surface area contributed by atoms with Gasteiger partial charge in [0.1, 0.15) is 0 Å². The van der Waals surface area contributed by atoms with Crippen molar-refractivity contribution in [3.8, 4) is 0 Å². The number of benzene rings is 1. The van der Waals surface area contributed by atoms with Crippen molar-refractivity contribution in [1.82, 2.24) is 0 Å². The van der Waals surface area contributed by atoms with Gasteiger partial charge in [0.05, 0.1) is 0 Å². The van der Waals surface area contributed by atoms with Gasteiger partial charge in [0.2, 0.25) is 0 Å². The summed E-state index contributed by atoms with van der Waals surface area (Å²) in [6.07, 6.45) is 1.83. The topological polar surface area (TPSA) is 37.3 Å². The first-order valence-corrected chi connectivity index (χ1v) is 6.05. The first-order valence-electron chi connectivity index (χ1n) is 6.05. The molecule has 1 aromatic rings. The van der Waals surface area contributed by atoms with E-state index < -0.39 is 5.97 Å². The van der Waals surface area contributed by atoms with E-state index in [1.165, 1.54) is 5.56 Å². The molecule has 0 aliphatic heterocycles. The summed E-state index contributed by atoms with van der Waals surface area (Å²) in [4.78, 5) is 10.2. The van der Waals surface area contributed by atoms with E-state index in [0.29, 0.717) is 0 Å². The summed E-state index contributed by atoms with van der Waals surface area (Å²) in [6, 6.07) is 9.93. The lowest BCUT2D eigenvalue weighted by Crippen LogP contribution is -1.95. The van der Waals surface area contributed by atoms with E-state index in [1.54, 1.807) is 0 Å². The Bertz CT molecular complexity index is 242. The monoisotopic (exact) mass is 224 g/mol. The van der Waals surface area contributed by atoms with Crippen LogP contribution < -0.4 is 0 Å². The summed E-state index contributed by atoms with van der Waals surface area (Å²) in [6.45, 7) is 8.00. The van der Waals surface area contributed by atoms with Crippen LogP contribution in [0.25, 0.3) is 0 Å². The largest absolute Gasteiger partial charge is 0.481 e. The van der Waals surface area contributed by atoms with E-state index in [1.807, 2.05) is 58.0 Å². The highest BCUT2D eigenvalue weighted by atomic mass is 16.4. The predicted octanol–water partition coefficient (Wildman–Crippen LogP) is 4.15. The summed E-state index contributed by atoms with van der Waals surface area (Å²) < 4.78 is 0. The van der Waals surface area contributed by atoms with Gasteiger partial charge in [-0.25, -0.2) is 0 Å². The zero-order valence-electron chi connectivity index (χ0n) is 10.9. The Labute approximate surface area is 99.3 Å². The zero-order valence-corrected chi connectivity index (χ0v) is 10.9. The number of carboxylic acid groups (broad SMARTS) is 1. The van der Waals surface area contributed by atoms with Crippen LogP contribution in [-0.2, 0) is 11.2 Å². The Balaban J connectivity index is 0. The van der Waals surface area contributed by atoms with Crippen molar-refractivity contribution < 1.29 is 9.90 Å². The molecule has 0 saturated heterocycles. The Hall–Kier alpha value is -1.31. The van der Waals surface area contributed by atoms with Crippen molar-refractivity contribution in [2.75, 3.05) is 0 Å². The Morgan fingerprint density at radius 3 is 2.00 bits per heavy atom. The van der Waals surface area contributed by atoms with Crippen LogP contribution in [0.4, 0.5) is 0 Å². The molecule has 0 bridgehead atoms. The van der Waals surface area contributed by atoms with Gasteiger partial charge >= 0.3 is 5.97 Å². The SMILES string of the molecule is CC.CC.O=C(O)CCCc1ccccc1. The third-order valence-corrected chi connectivity index (χ3v) is 1.70. The molecule has 1 aromatic carbocycles. The van der Waals surface area contributed by atoms with Gasteiger partial charge < -0.3 is 5.11 Å². The summed E-state index contributed by atoms with van der Waals surface area (Å²) in [5.74, 6) is -0.717. The number of aryl methyl sites for hydroxylation is 1. The minimum Gasteiger partial charge on any atom is -0.481 e. The lowest BCUT2D eigenvalue weighted by Gasteiger charge is -1.97. The van der Waals surface area contributed by atoms with Crippen molar-refractivity contribution in [3.05, 3.63) is 35.9 Å². The van der Waals surface area contributed by atoms with Crippen molar-refractivity contribution >= 4 is 5.97 Å². The third kappa shape index (κ3) is 10.8. The van der Waals surface area contributed by atoms with Crippen LogP contribution >= 0.6 is 0 Å². The molecule has 1 rings (SSSR count). The number of hydrogen-bond acceptors (Lipinski definition) is 1. The summed E-state index contributed by atoms with van der Waals surface area (Å²) in [5, 5.41) is 8.39. The smallest absolute Gasteiger partial charge is 0.303 e. The van der Waals surface area contributed by atoms with E-state index >= 15 is 0 Å². The van der Waals surface area contributed by atoms with Crippen LogP contribution in [0.3, 0.4) is 0 Å². The molecule has 0 spiro atoms. The number of carboxylic acids is 1. The molecule has 0 amide bonds. The second-order valence-corrected chi connectivity index (χ2v) is 2.73. The maximum Gasteiger partial charge on any atom is 0.303 e. The molecular formula is C14H24O2. The second kappa shape index (κ2) is 13.7. The minimum atomic E-state index is -0.717. The predicted molar refractivity (Wildman–Crippen MR) is 69.7 cm³/mol. The van der Waals surface area contributed by atoms with Gasteiger partial charge in [0, 0.05) is 6.42 Å². The first-order chi connectivity index (χ1) is 7.79. The number of hydrogen-bond donors (Lipinski definition) is 1. The van der Waals surface area contributed by atoms with Crippen molar-refractivity contribution in [2.45, 2.75) is 47.0 Å². The number of carbonyl (C=O) groups is 1. The molecule has 0 aliphatic carbocycles. The van der Waals surface area contributed by atoms with Gasteiger partial charge in [-0.3, -0.25) is 4.79 Å².